The first-order valence-electron chi connectivity index (χ1n) is 7.83. The molecule has 0 atom stereocenters. The minimum atomic E-state index is -3.89. The van der Waals surface area contributed by atoms with Gasteiger partial charge in [0.25, 0.3) is 10.0 Å². The third-order valence-electron chi connectivity index (χ3n) is 4.01. The molecule has 0 fully saturated rings. The third kappa shape index (κ3) is 2.95. The Hall–Kier alpha value is -3.11. The van der Waals surface area contributed by atoms with Crippen LogP contribution in [0.5, 0.6) is 5.75 Å². The second kappa shape index (κ2) is 6.65. The van der Waals surface area contributed by atoms with Crippen molar-refractivity contribution in [2.75, 3.05) is 6.61 Å². The van der Waals surface area contributed by atoms with E-state index in [1.807, 2.05) is 13.0 Å². The number of benzene rings is 2. The van der Waals surface area contributed by atoms with E-state index in [0.717, 1.165) is 9.54 Å². The lowest BCUT2D eigenvalue weighted by Crippen LogP contribution is -2.12. The number of ether oxygens (including phenoxy) is 1. The Balaban J connectivity index is 2.29. The molecule has 6 nitrogen and oxygen atoms in total. The lowest BCUT2D eigenvalue weighted by atomic mass is 10.1. The van der Waals surface area contributed by atoms with Gasteiger partial charge in [-0.05, 0) is 38.1 Å². The number of Topliss-reactive ketones (excluding diaryl/α,β-unsaturated/α-hetero) is 1. The van der Waals surface area contributed by atoms with Crippen LogP contribution in [0.15, 0.2) is 53.6 Å². The molecule has 0 bridgehead atoms. The Bertz CT molecular complexity index is 1140. The molecule has 0 amide bonds. The van der Waals surface area contributed by atoms with Gasteiger partial charge in [0.1, 0.15) is 11.8 Å². The molecule has 0 aliphatic carbocycles. The fraction of sp³-hybridized carbons (Fsp3) is 0.158. The Morgan fingerprint density at radius 3 is 2.50 bits per heavy atom. The maximum atomic E-state index is 13.1. The molecule has 3 rings (SSSR count). The van der Waals surface area contributed by atoms with Gasteiger partial charge < -0.3 is 4.74 Å². The van der Waals surface area contributed by atoms with Crippen molar-refractivity contribution in [1.29, 1.82) is 5.26 Å². The van der Waals surface area contributed by atoms with E-state index >= 15 is 0 Å². The van der Waals surface area contributed by atoms with E-state index in [2.05, 4.69) is 0 Å². The van der Waals surface area contributed by atoms with E-state index in [1.165, 1.54) is 25.3 Å². The summed E-state index contributed by atoms with van der Waals surface area (Å²) in [6, 6.07) is 13.2. The highest BCUT2D eigenvalue weighted by Gasteiger charge is 2.24. The lowest BCUT2D eigenvalue weighted by Gasteiger charge is -2.09. The average Bonchev–Trinajstić information content (AvgIpc) is 3.01. The summed E-state index contributed by atoms with van der Waals surface area (Å²) in [6.07, 6.45) is 1.31. The Labute approximate surface area is 151 Å². The van der Waals surface area contributed by atoms with Crippen LogP contribution in [0.2, 0.25) is 0 Å². The SMILES string of the molecule is CC(=O)c1cn(S(=O)(=O)c2ccc(C)cc2)c2cccc(OCC#N)c12. The van der Waals surface area contributed by atoms with Gasteiger partial charge >= 0.3 is 0 Å². The summed E-state index contributed by atoms with van der Waals surface area (Å²) in [6.45, 7) is 3.03. The van der Waals surface area contributed by atoms with Crippen LogP contribution in [0, 0.1) is 18.3 Å². The number of aromatic nitrogens is 1. The van der Waals surface area contributed by atoms with Crippen molar-refractivity contribution in [2.24, 2.45) is 0 Å². The molecule has 2 aromatic carbocycles. The molecule has 0 spiro atoms. The van der Waals surface area contributed by atoms with Crippen molar-refractivity contribution >= 4 is 26.7 Å². The predicted molar refractivity (Wildman–Crippen MR) is 96.8 cm³/mol. The number of rotatable bonds is 5. The maximum Gasteiger partial charge on any atom is 0.268 e. The molecule has 26 heavy (non-hydrogen) atoms. The average molecular weight is 368 g/mol. The van der Waals surface area contributed by atoms with Gasteiger partial charge in [-0.25, -0.2) is 12.4 Å². The highest BCUT2D eigenvalue weighted by atomic mass is 32.2. The maximum absolute atomic E-state index is 13.1. The van der Waals surface area contributed by atoms with Gasteiger partial charge in [0.05, 0.1) is 15.8 Å². The van der Waals surface area contributed by atoms with Gasteiger partial charge in [0, 0.05) is 11.8 Å². The second-order valence-corrected chi connectivity index (χ2v) is 7.62. The molecule has 0 radical (unpaired) electrons. The third-order valence-corrected chi connectivity index (χ3v) is 5.69. The van der Waals surface area contributed by atoms with Crippen LogP contribution < -0.4 is 4.74 Å². The van der Waals surface area contributed by atoms with Crippen molar-refractivity contribution in [1.82, 2.24) is 3.97 Å². The molecule has 3 aromatic rings. The van der Waals surface area contributed by atoms with Gasteiger partial charge in [-0.15, -0.1) is 0 Å². The van der Waals surface area contributed by atoms with E-state index in [-0.39, 0.29) is 22.8 Å². The molecular formula is C19H16N2O4S. The molecule has 7 heteroatoms. The van der Waals surface area contributed by atoms with Crippen LogP contribution in [-0.2, 0) is 10.0 Å². The summed E-state index contributed by atoms with van der Waals surface area (Å²) in [5.74, 6) is 0.00738. The van der Waals surface area contributed by atoms with Crippen LogP contribution >= 0.6 is 0 Å². The van der Waals surface area contributed by atoms with Crippen LogP contribution in [0.1, 0.15) is 22.8 Å². The van der Waals surface area contributed by atoms with Crippen molar-refractivity contribution in [3.63, 3.8) is 0 Å². The zero-order valence-corrected chi connectivity index (χ0v) is 15.1. The zero-order chi connectivity index (χ0) is 18.9. The molecule has 1 heterocycles. The number of hydrogen-bond donors (Lipinski definition) is 0. The monoisotopic (exact) mass is 368 g/mol. The first kappa shape index (κ1) is 17.7. The number of nitriles is 1. The van der Waals surface area contributed by atoms with Gasteiger partial charge in [0.15, 0.2) is 12.4 Å². The fourth-order valence-electron chi connectivity index (χ4n) is 2.75. The zero-order valence-electron chi connectivity index (χ0n) is 14.3. The molecule has 0 aliphatic heterocycles. The van der Waals surface area contributed by atoms with Gasteiger partial charge in [-0.1, -0.05) is 23.8 Å². The number of hydrogen-bond acceptors (Lipinski definition) is 5. The summed E-state index contributed by atoms with van der Waals surface area (Å²) >= 11 is 0. The molecule has 0 saturated carbocycles. The normalized spacial score (nSPS) is 11.3. The van der Waals surface area contributed by atoms with E-state index in [1.54, 1.807) is 30.3 Å². The molecule has 1 aromatic heterocycles. The minimum absolute atomic E-state index is 0.124. The Morgan fingerprint density at radius 1 is 1.19 bits per heavy atom. The van der Waals surface area contributed by atoms with Crippen LogP contribution in [0.3, 0.4) is 0 Å². The van der Waals surface area contributed by atoms with Crippen molar-refractivity contribution in [3.05, 3.63) is 59.8 Å². The minimum Gasteiger partial charge on any atom is -0.478 e. The standard InChI is InChI=1S/C19H16N2O4S/c1-13-6-8-15(9-7-13)26(23,24)21-12-16(14(2)22)19-17(21)4-3-5-18(19)25-11-10-20/h3-9,12H,11H2,1-2H3. The first-order valence-corrected chi connectivity index (χ1v) is 9.27. The topological polar surface area (TPSA) is 89.2 Å². The number of aryl methyl sites for hydroxylation is 1. The Morgan fingerprint density at radius 2 is 1.88 bits per heavy atom. The summed E-state index contributed by atoms with van der Waals surface area (Å²) in [7, 11) is -3.89. The molecular weight excluding hydrogens is 352 g/mol. The molecule has 0 saturated heterocycles. The highest BCUT2D eigenvalue weighted by Crippen LogP contribution is 2.33. The highest BCUT2D eigenvalue weighted by molar-refractivity contribution is 7.90. The van der Waals surface area contributed by atoms with Crippen LogP contribution in [0.25, 0.3) is 10.9 Å². The fourth-order valence-corrected chi connectivity index (χ4v) is 4.11. The Kier molecular flexibility index (Phi) is 4.53. The van der Waals surface area contributed by atoms with Gasteiger partial charge in [-0.3, -0.25) is 4.79 Å². The summed E-state index contributed by atoms with van der Waals surface area (Å²) in [5.41, 5.74) is 1.49. The lowest BCUT2D eigenvalue weighted by molar-refractivity contribution is 0.101. The quantitative estimate of drug-likeness (QED) is 0.645. The van der Waals surface area contributed by atoms with Crippen molar-refractivity contribution in [2.45, 2.75) is 18.7 Å². The number of fused-ring (bicyclic) bond motifs is 1. The summed E-state index contributed by atoms with van der Waals surface area (Å²) in [5, 5.41) is 9.12. The number of nitrogens with zero attached hydrogens (tertiary/aromatic N) is 2. The van der Waals surface area contributed by atoms with E-state index < -0.39 is 10.0 Å². The molecule has 0 aliphatic rings. The van der Waals surface area contributed by atoms with Gasteiger partial charge in [-0.2, -0.15) is 5.26 Å². The van der Waals surface area contributed by atoms with Crippen LogP contribution in [-0.4, -0.2) is 24.8 Å². The molecule has 0 N–H and O–H groups in total. The predicted octanol–water partition coefficient (Wildman–Crippen LogP) is 3.29. The first-order chi connectivity index (χ1) is 12.4. The van der Waals surface area contributed by atoms with Crippen molar-refractivity contribution < 1.29 is 17.9 Å². The number of ketones is 1. The molecule has 132 valence electrons. The van der Waals surface area contributed by atoms with Gasteiger partial charge in [0.2, 0.25) is 0 Å². The number of carbonyl (C=O) groups is 1. The van der Waals surface area contributed by atoms with E-state index in [9.17, 15) is 13.2 Å². The summed E-state index contributed by atoms with van der Waals surface area (Å²) < 4.78 is 32.6. The number of carbonyl (C=O) groups excluding carboxylic acids is 1. The van der Waals surface area contributed by atoms with E-state index in [4.69, 9.17) is 10.00 Å². The van der Waals surface area contributed by atoms with E-state index in [0.29, 0.717) is 16.7 Å². The van der Waals surface area contributed by atoms with Crippen LogP contribution in [0.4, 0.5) is 0 Å². The van der Waals surface area contributed by atoms with Crippen molar-refractivity contribution in [3.8, 4) is 11.8 Å². The largest absolute Gasteiger partial charge is 0.478 e. The summed E-state index contributed by atoms with van der Waals surface area (Å²) in [4.78, 5) is 12.2. The molecule has 0 unspecified atom stereocenters. The smallest absolute Gasteiger partial charge is 0.268 e. The second-order valence-electron chi connectivity index (χ2n) is 5.81.